The number of hydrogen-bond donors (Lipinski definition) is 2. The van der Waals surface area contributed by atoms with Crippen molar-refractivity contribution in [3.8, 4) is 5.75 Å². The van der Waals surface area contributed by atoms with Gasteiger partial charge in [-0.3, -0.25) is 14.5 Å². The van der Waals surface area contributed by atoms with Crippen molar-refractivity contribution in [2.75, 3.05) is 26.2 Å². The van der Waals surface area contributed by atoms with Crippen LogP contribution in [0.5, 0.6) is 5.75 Å². The van der Waals surface area contributed by atoms with E-state index in [1.165, 1.54) is 0 Å². The highest BCUT2D eigenvalue weighted by Gasteiger charge is 2.21. The lowest BCUT2D eigenvalue weighted by atomic mass is 10.0. The molecule has 1 aromatic carbocycles. The molecule has 1 saturated heterocycles. The minimum Gasteiger partial charge on any atom is -0.493 e. The molecule has 1 heterocycles. The van der Waals surface area contributed by atoms with E-state index in [0.717, 1.165) is 42.8 Å². The van der Waals surface area contributed by atoms with Gasteiger partial charge in [0.05, 0.1) is 19.6 Å². The number of amides is 2. The first kappa shape index (κ1) is 18.3. The SMILES string of the molecule is Cc1cc(C)cc(OCCC(=O)NC2CCN(CC(N)=O)CC2)c1. The maximum atomic E-state index is 12.0. The molecule has 0 atom stereocenters. The lowest BCUT2D eigenvalue weighted by Crippen LogP contribution is -2.46. The molecule has 6 heteroatoms. The van der Waals surface area contributed by atoms with Gasteiger partial charge >= 0.3 is 0 Å². The van der Waals surface area contributed by atoms with E-state index in [0.29, 0.717) is 19.6 Å². The number of nitrogens with zero attached hydrogens (tertiary/aromatic N) is 1. The van der Waals surface area contributed by atoms with Crippen LogP contribution >= 0.6 is 0 Å². The van der Waals surface area contributed by atoms with Crippen LogP contribution in [0.4, 0.5) is 0 Å². The summed E-state index contributed by atoms with van der Waals surface area (Å²) in [6, 6.07) is 6.20. The maximum Gasteiger partial charge on any atom is 0.231 e. The van der Waals surface area contributed by atoms with Crippen molar-refractivity contribution in [2.45, 2.75) is 39.2 Å². The molecule has 0 radical (unpaired) electrons. The summed E-state index contributed by atoms with van der Waals surface area (Å²) in [6.07, 6.45) is 2.03. The first-order valence-electron chi connectivity index (χ1n) is 8.43. The van der Waals surface area contributed by atoms with Gasteiger partial charge in [-0.1, -0.05) is 6.07 Å². The van der Waals surface area contributed by atoms with Crippen molar-refractivity contribution < 1.29 is 14.3 Å². The standard InChI is InChI=1S/C18H27N3O3/c1-13-9-14(2)11-16(10-13)24-8-5-18(23)20-15-3-6-21(7-4-15)12-17(19)22/h9-11,15H,3-8,12H2,1-2H3,(H2,19,22)(H,20,23). The highest BCUT2D eigenvalue weighted by molar-refractivity contribution is 5.76. The van der Waals surface area contributed by atoms with Gasteiger partial charge in [0.15, 0.2) is 0 Å². The summed E-state index contributed by atoms with van der Waals surface area (Å²) in [5.41, 5.74) is 7.50. The molecule has 0 bridgehead atoms. The number of hydrogen-bond acceptors (Lipinski definition) is 4. The van der Waals surface area contributed by atoms with Gasteiger partial charge in [0.2, 0.25) is 11.8 Å². The number of benzene rings is 1. The van der Waals surface area contributed by atoms with Gasteiger partial charge in [0.1, 0.15) is 5.75 Å². The molecule has 3 N–H and O–H groups in total. The fourth-order valence-corrected chi connectivity index (χ4v) is 3.03. The monoisotopic (exact) mass is 333 g/mol. The van der Waals surface area contributed by atoms with Crippen LogP contribution in [-0.2, 0) is 9.59 Å². The van der Waals surface area contributed by atoms with Crippen LogP contribution < -0.4 is 15.8 Å². The normalized spacial score (nSPS) is 15.9. The molecule has 1 fully saturated rings. The molecule has 132 valence electrons. The van der Waals surface area contributed by atoms with E-state index >= 15 is 0 Å². The molecule has 0 aliphatic carbocycles. The molecule has 2 amide bonds. The summed E-state index contributed by atoms with van der Waals surface area (Å²) in [5.74, 6) is 0.508. The molecular weight excluding hydrogens is 306 g/mol. The number of likely N-dealkylation sites (tertiary alicyclic amines) is 1. The highest BCUT2D eigenvalue weighted by atomic mass is 16.5. The molecule has 1 aliphatic rings. The average molecular weight is 333 g/mol. The third kappa shape index (κ3) is 6.20. The fraction of sp³-hybridized carbons (Fsp3) is 0.556. The molecule has 6 nitrogen and oxygen atoms in total. The second-order valence-corrected chi connectivity index (χ2v) is 6.51. The number of aryl methyl sites for hydroxylation is 2. The Morgan fingerprint density at radius 2 is 1.83 bits per heavy atom. The quantitative estimate of drug-likeness (QED) is 0.783. The smallest absolute Gasteiger partial charge is 0.231 e. The van der Waals surface area contributed by atoms with Gasteiger partial charge in [0, 0.05) is 19.1 Å². The number of nitrogens with two attached hydrogens (primary N) is 1. The Morgan fingerprint density at radius 3 is 2.42 bits per heavy atom. The number of piperidine rings is 1. The Labute approximate surface area is 143 Å². The number of ether oxygens (including phenoxy) is 1. The van der Waals surface area contributed by atoms with Gasteiger partial charge in [-0.15, -0.1) is 0 Å². The molecule has 0 spiro atoms. The third-order valence-corrected chi connectivity index (χ3v) is 4.13. The van der Waals surface area contributed by atoms with Gasteiger partial charge in [-0.05, 0) is 49.9 Å². The number of carbonyl (C=O) groups is 2. The summed E-state index contributed by atoms with van der Waals surface area (Å²) in [6.45, 7) is 6.29. The minimum absolute atomic E-state index is 0.00715. The van der Waals surface area contributed by atoms with E-state index in [2.05, 4.69) is 11.4 Å². The Kier molecular flexibility index (Phi) is 6.61. The predicted octanol–water partition coefficient (Wildman–Crippen LogP) is 1.14. The van der Waals surface area contributed by atoms with Gasteiger partial charge < -0.3 is 15.8 Å². The predicted molar refractivity (Wildman–Crippen MR) is 92.8 cm³/mol. The number of carbonyl (C=O) groups excluding carboxylic acids is 2. The summed E-state index contributed by atoms with van der Waals surface area (Å²) in [4.78, 5) is 24.9. The lowest BCUT2D eigenvalue weighted by molar-refractivity contribution is -0.123. The molecule has 0 unspecified atom stereocenters. The minimum atomic E-state index is -0.305. The van der Waals surface area contributed by atoms with Crippen molar-refractivity contribution in [1.82, 2.24) is 10.2 Å². The summed E-state index contributed by atoms with van der Waals surface area (Å²) < 4.78 is 5.67. The molecule has 2 rings (SSSR count). The van der Waals surface area contributed by atoms with Crippen molar-refractivity contribution in [2.24, 2.45) is 5.73 Å². The van der Waals surface area contributed by atoms with Crippen LogP contribution in [0.15, 0.2) is 18.2 Å². The Hall–Kier alpha value is -2.08. The molecule has 0 saturated carbocycles. The topological polar surface area (TPSA) is 84.7 Å². The van der Waals surface area contributed by atoms with E-state index in [1.54, 1.807) is 0 Å². The number of nitrogens with one attached hydrogen (secondary N) is 1. The van der Waals surface area contributed by atoms with Gasteiger partial charge in [-0.25, -0.2) is 0 Å². The van der Waals surface area contributed by atoms with Crippen molar-refractivity contribution in [3.63, 3.8) is 0 Å². The summed E-state index contributed by atoms with van der Waals surface area (Å²) in [5, 5.41) is 3.04. The van der Waals surface area contributed by atoms with Crippen LogP contribution in [-0.4, -0.2) is 49.0 Å². The first-order valence-corrected chi connectivity index (χ1v) is 8.43. The van der Waals surface area contributed by atoms with Crippen LogP contribution in [0.1, 0.15) is 30.4 Å². The summed E-state index contributed by atoms with van der Waals surface area (Å²) >= 11 is 0. The first-order chi connectivity index (χ1) is 11.4. The number of rotatable bonds is 7. The lowest BCUT2D eigenvalue weighted by Gasteiger charge is -2.31. The molecule has 0 aromatic heterocycles. The maximum absolute atomic E-state index is 12.0. The van der Waals surface area contributed by atoms with Crippen LogP contribution in [0.25, 0.3) is 0 Å². The largest absolute Gasteiger partial charge is 0.493 e. The van der Waals surface area contributed by atoms with Crippen molar-refractivity contribution in [1.29, 1.82) is 0 Å². The van der Waals surface area contributed by atoms with Crippen molar-refractivity contribution >= 4 is 11.8 Å². The zero-order valence-electron chi connectivity index (χ0n) is 14.5. The number of primary amides is 1. The third-order valence-electron chi connectivity index (χ3n) is 4.13. The highest BCUT2D eigenvalue weighted by Crippen LogP contribution is 2.16. The van der Waals surface area contributed by atoms with Crippen LogP contribution in [0, 0.1) is 13.8 Å². The van der Waals surface area contributed by atoms with Crippen molar-refractivity contribution in [3.05, 3.63) is 29.3 Å². The molecule has 24 heavy (non-hydrogen) atoms. The van der Waals surface area contributed by atoms with Gasteiger partial charge in [0.25, 0.3) is 0 Å². The summed E-state index contributed by atoms with van der Waals surface area (Å²) in [7, 11) is 0. The molecular formula is C18H27N3O3. The molecule has 1 aromatic rings. The fourth-order valence-electron chi connectivity index (χ4n) is 3.03. The zero-order valence-corrected chi connectivity index (χ0v) is 14.5. The van der Waals surface area contributed by atoms with Gasteiger partial charge in [-0.2, -0.15) is 0 Å². The van der Waals surface area contributed by atoms with E-state index in [9.17, 15) is 9.59 Å². The second kappa shape index (κ2) is 8.68. The molecule has 1 aliphatic heterocycles. The zero-order chi connectivity index (χ0) is 17.5. The van der Waals surface area contributed by atoms with Crippen LogP contribution in [0.3, 0.4) is 0 Å². The van der Waals surface area contributed by atoms with E-state index < -0.39 is 0 Å². The Morgan fingerprint density at radius 1 is 1.21 bits per heavy atom. The Bertz CT molecular complexity index is 561. The van der Waals surface area contributed by atoms with E-state index in [-0.39, 0.29) is 17.9 Å². The second-order valence-electron chi connectivity index (χ2n) is 6.51. The van der Waals surface area contributed by atoms with E-state index in [1.807, 2.05) is 30.9 Å². The van der Waals surface area contributed by atoms with E-state index in [4.69, 9.17) is 10.5 Å². The Balaban J connectivity index is 1.66. The average Bonchev–Trinajstić information content (AvgIpc) is 2.48. The van der Waals surface area contributed by atoms with Crippen LogP contribution in [0.2, 0.25) is 0 Å².